The molecule has 0 aromatic heterocycles. The summed E-state index contributed by atoms with van der Waals surface area (Å²) in [6, 6.07) is 9.28. The van der Waals surface area contributed by atoms with Crippen molar-refractivity contribution in [2.24, 2.45) is 0 Å². The van der Waals surface area contributed by atoms with Crippen LogP contribution in [-0.2, 0) is 16.0 Å². The first kappa shape index (κ1) is 24.0. The van der Waals surface area contributed by atoms with E-state index in [1.54, 1.807) is 48.6 Å². The second kappa shape index (κ2) is 10.8. The summed E-state index contributed by atoms with van der Waals surface area (Å²) in [6.07, 6.45) is 5.26. The fraction of sp³-hybridized carbons (Fsp3) is 0.160. The monoisotopic (exact) mass is 510 g/mol. The van der Waals surface area contributed by atoms with Crippen LogP contribution < -0.4 is 19.7 Å². The summed E-state index contributed by atoms with van der Waals surface area (Å²) >= 11 is 3.32. The van der Waals surface area contributed by atoms with Gasteiger partial charge in [-0.05, 0) is 61.4 Å². The highest BCUT2D eigenvalue weighted by atomic mass is 79.9. The zero-order chi connectivity index (χ0) is 24.0. The van der Waals surface area contributed by atoms with Crippen LogP contribution in [-0.4, -0.2) is 31.1 Å². The van der Waals surface area contributed by atoms with E-state index in [9.17, 15) is 14.4 Å². The Morgan fingerprint density at radius 3 is 2.42 bits per heavy atom. The second-order valence-electron chi connectivity index (χ2n) is 6.97. The van der Waals surface area contributed by atoms with Crippen molar-refractivity contribution in [2.45, 2.75) is 13.3 Å². The highest BCUT2D eigenvalue weighted by Crippen LogP contribution is 2.35. The number of allylic oxidation sites excluding steroid dienone is 1. The lowest BCUT2D eigenvalue weighted by atomic mass is 10.0. The minimum Gasteiger partial charge on any atom is -0.490 e. The largest absolute Gasteiger partial charge is 0.490 e. The van der Waals surface area contributed by atoms with Crippen LogP contribution in [0, 0.1) is 0 Å². The lowest BCUT2D eigenvalue weighted by Crippen LogP contribution is -2.54. The molecule has 33 heavy (non-hydrogen) atoms. The van der Waals surface area contributed by atoms with E-state index in [4.69, 9.17) is 9.47 Å². The number of nitrogens with one attached hydrogen (secondary N) is 1. The van der Waals surface area contributed by atoms with Crippen LogP contribution in [0.4, 0.5) is 10.5 Å². The van der Waals surface area contributed by atoms with Gasteiger partial charge in [0.05, 0.1) is 12.3 Å². The van der Waals surface area contributed by atoms with E-state index in [0.717, 1.165) is 14.9 Å². The fourth-order valence-electron chi connectivity index (χ4n) is 3.29. The Morgan fingerprint density at radius 2 is 1.79 bits per heavy atom. The van der Waals surface area contributed by atoms with Crippen molar-refractivity contribution in [3.05, 3.63) is 82.9 Å². The zero-order valence-electron chi connectivity index (χ0n) is 18.1. The molecule has 0 atom stereocenters. The molecule has 1 aliphatic heterocycles. The molecule has 1 N–H and O–H groups in total. The Kier molecular flexibility index (Phi) is 7.84. The molecule has 4 amide bonds. The third kappa shape index (κ3) is 5.40. The summed E-state index contributed by atoms with van der Waals surface area (Å²) in [4.78, 5) is 39.0. The van der Waals surface area contributed by atoms with E-state index in [1.807, 2.05) is 6.92 Å². The number of urea groups is 1. The SMILES string of the molecule is C=CCOc1c(CC=C)cc(/C=C2\C(=O)NC(=O)N(c3ccc(Br)cc3)C2=O)cc1OCC. The summed E-state index contributed by atoms with van der Waals surface area (Å²) in [5.41, 5.74) is 1.48. The standard InChI is InChI=1S/C25H23BrN2O5/c1-4-7-17-13-16(15-21(32-6-3)22(17)33-12-5-2)14-20-23(29)27-25(31)28(24(20)30)19-10-8-18(26)9-11-19/h4-5,8-11,13-15H,1-2,6-7,12H2,3H3,(H,27,29,31)/b20-14+. The zero-order valence-corrected chi connectivity index (χ0v) is 19.7. The third-order valence-electron chi connectivity index (χ3n) is 4.66. The molecule has 170 valence electrons. The van der Waals surface area contributed by atoms with E-state index >= 15 is 0 Å². The van der Waals surface area contributed by atoms with E-state index in [0.29, 0.717) is 35.8 Å². The first-order chi connectivity index (χ1) is 15.9. The van der Waals surface area contributed by atoms with Crippen molar-refractivity contribution in [1.82, 2.24) is 5.32 Å². The van der Waals surface area contributed by atoms with Crippen molar-refractivity contribution < 1.29 is 23.9 Å². The molecular formula is C25H23BrN2O5. The maximum atomic E-state index is 13.1. The number of hydrogen-bond donors (Lipinski definition) is 1. The van der Waals surface area contributed by atoms with Gasteiger partial charge in [0.2, 0.25) is 0 Å². The molecule has 2 aromatic rings. The van der Waals surface area contributed by atoms with Gasteiger partial charge in [-0.2, -0.15) is 0 Å². The minimum atomic E-state index is -0.806. The maximum absolute atomic E-state index is 13.1. The van der Waals surface area contributed by atoms with Crippen molar-refractivity contribution in [2.75, 3.05) is 18.1 Å². The summed E-state index contributed by atoms with van der Waals surface area (Å²) in [5.74, 6) is -0.477. The molecule has 0 bridgehead atoms. The summed E-state index contributed by atoms with van der Waals surface area (Å²) < 4.78 is 12.3. The molecule has 0 aliphatic carbocycles. The predicted octanol–water partition coefficient (Wildman–Crippen LogP) is 4.81. The molecule has 1 saturated heterocycles. The number of benzene rings is 2. The Bertz CT molecular complexity index is 1140. The van der Waals surface area contributed by atoms with Crippen LogP contribution in [0.3, 0.4) is 0 Å². The molecule has 8 heteroatoms. The maximum Gasteiger partial charge on any atom is 0.335 e. The molecule has 2 aromatic carbocycles. The number of halogens is 1. The Labute approximate surface area is 200 Å². The minimum absolute atomic E-state index is 0.177. The first-order valence-electron chi connectivity index (χ1n) is 10.2. The number of anilines is 1. The fourth-order valence-corrected chi connectivity index (χ4v) is 3.56. The Morgan fingerprint density at radius 1 is 1.06 bits per heavy atom. The Hall–Kier alpha value is -3.65. The molecule has 1 aliphatic rings. The smallest absolute Gasteiger partial charge is 0.335 e. The highest BCUT2D eigenvalue weighted by Gasteiger charge is 2.36. The second-order valence-corrected chi connectivity index (χ2v) is 7.88. The average Bonchev–Trinajstić information content (AvgIpc) is 2.78. The molecule has 7 nitrogen and oxygen atoms in total. The number of amides is 4. The molecule has 0 unspecified atom stereocenters. The number of imide groups is 2. The van der Waals surface area contributed by atoms with Gasteiger partial charge in [0, 0.05) is 10.0 Å². The molecular weight excluding hydrogens is 488 g/mol. The number of carbonyl (C=O) groups is 3. The summed E-state index contributed by atoms with van der Waals surface area (Å²) in [6.45, 7) is 9.97. The van der Waals surface area contributed by atoms with Crippen LogP contribution in [0.1, 0.15) is 18.1 Å². The average molecular weight is 511 g/mol. The van der Waals surface area contributed by atoms with Gasteiger partial charge in [-0.15, -0.1) is 6.58 Å². The molecule has 0 spiro atoms. The van der Waals surface area contributed by atoms with Gasteiger partial charge in [-0.25, -0.2) is 9.69 Å². The van der Waals surface area contributed by atoms with E-state index in [1.165, 1.54) is 6.08 Å². The first-order valence-corrected chi connectivity index (χ1v) is 11.0. The van der Waals surface area contributed by atoms with Crippen molar-refractivity contribution >= 4 is 45.5 Å². The molecule has 1 heterocycles. The van der Waals surface area contributed by atoms with Crippen LogP contribution in [0.25, 0.3) is 6.08 Å². The topological polar surface area (TPSA) is 84.9 Å². The summed E-state index contributed by atoms with van der Waals surface area (Å²) in [7, 11) is 0. The number of nitrogens with zero attached hydrogens (tertiary/aromatic N) is 1. The van der Waals surface area contributed by atoms with Gasteiger partial charge in [0.15, 0.2) is 11.5 Å². The van der Waals surface area contributed by atoms with E-state index < -0.39 is 17.8 Å². The quantitative estimate of drug-likeness (QED) is 0.297. The van der Waals surface area contributed by atoms with Gasteiger partial charge in [-0.3, -0.25) is 14.9 Å². The number of ether oxygens (including phenoxy) is 2. The van der Waals surface area contributed by atoms with Gasteiger partial charge >= 0.3 is 6.03 Å². The van der Waals surface area contributed by atoms with E-state index in [-0.39, 0.29) is 12.2 Å². The molecule has 3 rings (SSSR count). The van der Waals surface area contributed by atoms with Crippen LogP contribution >= 0.6 is 15.9 Å². The van der Waals surface area contributed by atoms with Gasteiger partial charge in [-0.1, -0.05) is 34.7 Å². The van der Waals surface area contributed by atoms with Crippen molar-refractivity contribution in [1.29, 1.82) is 0 Å². The van der Waals surface area contributed by atoms with Crippen LogP contribution in [0.2, 0.25) is 0 Å². The molecule has 0 saturated carbocycles. The molecule has 0 radical (unpaired) electrons. The lowest BCUT2D eigenvalue weighted by molar-refractivity contribution is -0.122. The lowest BCUT2D eigenvalue weighted by Gasteiger charge is -2.26. The number of barbiturate groups is 1. The van der Waals surface area contributed by atoms with Crippen LogP contribution in [0.5, 0.6) is 11.5 Å². The van der Waals surface area contributed by atoms with Crippen molar-refractivity contribution in [3.63, 3.8) is 0 Å². The van der Waals surface area contributed by atoms with Gasteiger partial charge in [0.25, 0.3) is 11.8 Å². The van der Waals surface area contributed by atoms with Crippen LogP contribution in [0.15, 0.2) is 71.8 Å². The van der Waals surface area contributed by atoms with Crippen molar-refractivity contribution in [3.8, 4) is 11.5 Å². The van der Waals surface area contributed by atoms with Gasteiger partial charge in [0.1, 0.15) is 12.2 Å². The Balaban J connectivity index is 2.07. The molecule has 1 fully saturated rings. The highest BCUT2D eigenvalue weighted by molar-refractivity contribution is 9.10. The summed E-state index contributed by atoms with van der Waals surface area (Å²) in [5, 5.41) is 2.23. The normalized spacial score (nSPS) is 14.8. The number of rotatable bonds is 9. The van der Waals surface area contributed by atoms with Gasteiger partial charge < -0.3 is 9.47 Å². The number of hydrogen-bond acceptors (Lipinski definition) is 5. The number of carbonyl (C=O) groups excluding carboxylic acids is 3. The third-order valence-corrected chi connectivity index (χ3v) is 5.19. The van der Waals surface area contributed by atoms with E-state index in [2.05, 4.69) is 34.4 Å². The predicted molar refractivity (Wildman–Crippen MR) is 130 cm³/mol.